The van der Waals surface area contributed by atoms with Gasteiger partial charge < -0.3 is 38.1 Å². The smallest absolute Gasteiger partial charge is 0.338 e. The fraction of sp³-hybridized carbons (Fsp3) is 0.355. The highest BCUT2D eigenvalue weighted by Crippen LogP contribution is 2.42. The summed E-state index contributed by atoms with van der Waals surface area (Å²) in [6, 6.07) is 22.2. The van der Waals surface area contributed by atoms with Crippen LogP contribution in [0.25, 0.3) is 66.9 Å². The molecule has 4 N–H and O–H groups in total. The molecule has 2 amide bonds. The van der Waals surface area contributed by atoms with Crippen molar-refractivity contribution in [2.45, 2.75) is 117 Å². The lowest BCUT2D eigenvalue weighted by Crippen LogP contribution is -2.41. The number of benzene rings is 3. The maximum Gasteiger partial charge on any atom is 0.338 e. The van der Waals surface area contributed by atoms with E-state index in [0.29, 0.717) is 28.0 Å². The lowest BCUT2D eigenvalue weighted by atomic mass is 10.0. The number of ether oxygens (including phenoxy) is 1. The third-order valence-electron chi connectivity index (χ3n) is 15.7. The maximum absolute atomic E-state index is 12.5. The Morgan fingerprint density at radius 3 is 1.39 bits per heavy atom. The predicted octanol–water partition coefficient (Wildman–Crippen LogP) is 12.7. The van der Waals surface area contributed by atoms with E-state index in [9.17, 15) is 19.5 Å². The number of nitrogens with two attached hydrogens (primary N) is 1. The third-order valence-corrected chi connectivity index (χ3v) is 24.8. The number of aliphatic hydroxyl groups excluding tert-OH is 1. The number of amides is 2. The first-order valence-electron chi connectivity index (χ1n) is 27.3. The number of carbonyl (C=O) groups excluding carboxylic acids is 3. The molecule has 3 atom stereocenters. The highest BCUT2D eigenvalue weighted by atomic mass is 28.4. The van der Waals surface area contributed by atoms with E-state index >= 15 is 0 Å². The largest absolute Gasteiger partial charge is 0.465 e. The predicted molar refractivity (Wildman–Crippen MR) is 333 cm³/mol. The number of hydrogen-bond acceptors (Lipinski definition) is 14. The van der Waals surface area contributed by atoms with Gasteiger partial charge in [-0.05, 0) is 110 Å². The number of aldehydes is 1. The molecule has 0 saturated carbocycles. The zero-order valence-electron chi connectivity index (χ0n) is 50.7. The van der Waals surface area contributed by atoms with E-state index in [4.69, 9.17) is 29.3 Å². The number of pyridine rings is 3. The van der Waals surface area contributed by atoms with Crippen LogP contribution in [0.3, 0.4) is 0 Å². The molecule has 6 heterocycles. The number of hydrogen-bond donors (Lipinski definition) is 3. The number of urea groups is 1. The van der Waals surface area contributed by atoms with Crippen LogP contribution >= 0.6 is 0 Å². The molecule has 0 spiro atoms. The summed E-state index contributed by atoms with van der Waals surface area (Å²) in [5.74, 6) is -0.385. The fourth-order valence-electron chi connectivity index (χ4n) is 8.78. The Bertz CT molecular complexity index is 3850. The van der Waals surface area contributed by atoms with Crippen molar-refractivity contribution in [3.63, 3.8) is 0 Å². The summed E-state index contributed by atoms with van der Waals surface area (Å²) in [5, 5.41) is 16.4. The van der Waals surface area contributed by atoms with Crippen molar-refractivity contribution in [3.8, 4) is 34.2 Å². The summed E-state index contributed by atoms with van der Waals surface area (Å²) in [4.78, 5) is 61.7. The second-order valence-corrected chi connectivity index (χ2v) is 33.3. The summed E-state index contributed by atoms with van der Waals surface area (Å²) in [7, 11) is 3.28. The first kappa shape index (κ1) is 62.5. The average molecular weight is 1160 g/mol. The maximum atomic E-state index is 12.5. The molecule has 0 aliphatic heterocycles. The minimum absolute atomic E-state index is 0.0351. The number of aromatic nitrogens is 9. The minimum atomic E-state index is -1.92. The van der Waals surface area contributed by atoms with Crippen molar-refractivity contribution in [1.82, 2.24) is 49.0 Å². The van der Waals surface area contributed by atoms with Crippen molar-refractivity contribution < 1.29 is 33.1 Å². The number of esters is 1. The molecule has 9 rings (SSSR count). The number of nitrogens with one attached hydrogen (secondary N) is 1. The molecule has 83 heavy (non-hydrogen) atoms. The van der Waals surface area contributed by atoms with Gasteiger partial charge in [0.25, 0.3) is 0 Å². The summed E-state index contributed by atoms with van der Waals surface area (Å²) < 4.78 is 23.8. The molecule has 6 aromatic heterocycles. The number of imidazole rings is 3. The van der Waals surface area contributed by atoms with E-state index in [1.165, 1.54) is 13.3 Å². The van der Waals surface area contributed by atoms with Gasteiger partial charge in [0.2, 0.25) is 0 Å². The lowest BCUT2D eigenvalue weighted by Gasteiger charge is -2.38. The molecule has 0 saturated heterocycles. The molecule has 9 aromatic rings. The van der Waals surface area contributed by atoms with E-state index in [1.807, 2.05) is 102 Å². The molecule has 436 valence electrons. The monoisotopic (exact) mass is 1160 g/mol. The van der Waals surface area contributed by atoms with Gasteiger partial charge in [-0.25, -0.2) is 44.9 Å². The van der Waals surface area contributed by atoms with Gasteiger partial charge in [-0.1, -0.05) is 77.9 Å². The first-order valence-corrected chi connectivity index (χ1v) is 33.1. The van der Waals surface area contributed by atoms with Crippen LogP contribution in [0.1, 0.15) is 124 Å². The molecule has 3 unspecified atom stereocenters. The number of carbonyl (C=O) groups is 3. The van der Waals surface area contributed by atoms with Crippen LogP contribution in [0.5, 0.6) is 0 Å². The van der Waals surface area contributed by atoms with Crippen LogP contribution in [-0.4, -0.2) is 97.0 Å². The Labute approximate surface area is 487 Å². The van der Waals surface area contributed by atoms with Gasteiger partial charge in [-0.3, -0.25) is 4.79 Å². The highest BCUT2D eigenvalue weighted by molar-refractivity contribution is 6.74. The van der Waals surface area contributed by atoms with Gasteiger partial charge in [-0.2, -0.15) is 5.10 Å². The summed E-state index contributed by atoms with van der Waals surface area (Å²) in [6.07, 6.45) is 12.0. The van der Waals surface area contributed by atoms with Gasteiger partial charge in [-0.15, -0.1) is 0 Å². The SMILES string of the molecule is CC(O)c1ccc2c(/C=N/NC(N)=O)cc(-c3cncn3C)nc2c1.CC(O[Si](C)(C)C(C)(C)C)c1ccc2c(C=O)cc(-c3cncn3C)nc2c1.COC(=O)c1cc(-c2cncn2C)nc2cc(C(C)O[Si](C)(C)C(C)(C)C)ccc12. The molecule has 0 aliphatic rings. The molecule has 0 aliphatic carbocycles. The van der Waals surface area contributed by atoms with E-state index in [0.717, 1.165) is 78.5 Å². The van der Waals surface area contributed by atoms with Crippen molar-refractivity contribution in [1.29, 1.82) is 0 Å². The van der Waals surface area contributed by atoms with Gasteiger partial charge in [0.05, 0.1) is 125 Å². The number of aliphatic hydroxyl groups is 1. The van der Waals surface area contributed by atoms with Crippen LogP contribution in [-0.2, 0) is 34.7 Å². The number of methoxy groups -OCH3 is 1. The third kappa shape index (κ3) is 14.4. The quantitative estimate of drug-likeness (QED) is 0.0302. The van der Waals surface area contributed by atoms with E-state index in [2.05, 4.69) is 112 Å². The van der Waals surface area contributed by atoms with E-state index < -0.39 is 28.8 Å². The molecule has 3 aromatic carbocycles. The number of aryl methyl sites for hydroxylation is 3. The normalized spacial score (nSPS) is 13.3. The van der Waals surface area contributed by atoms with Crippen LogP contribution in [0.4, 0.5) is 4.79 Å². The Balaban J connectivity index is 0.000000180. The minimum Gasteiger partial charge on any atom is -0.465 e. The Morgan fingerprint density at radius 1 is 0.614 bits per heavy atom. The van der Waals surface area contributed by atoms with Crippen LogP contribution in [0, 0.1) is 0 Å². The first-order chi connectivity index (χ1) is 38.9. The number of fused-ring (bicyclic) bond motifs is 3. The number of nitrogens with zero attached hydrogens (tertiary/aromatic N) is 10. The lowest BCUT2D eigenvalue weighted by molar-refractivity contribution is 0.0602. The number of primary amides is 1. The second kappa shape index (κ2) is 25.2. The van der Waals surface area contributed by atoms with E-state index in [-0.39, 0.29) is 28.3 Å². The van der Waals surface area contributed by atoms with Crippen LogP contribution in [0.15, 0.2) is 115 Å². The summed E-state index contributed by atoms with van der Waals surface area (Å²) in [5.41, 5.74) is 18.9. The Morgan fingerprint density at radius 2 is 1.00 bits per heavy atom. The van der Waals surface area contributed by atoms with Crippen molar-refractivity contribution >= 4 is 73.8 Å². The van der Waals surface area contributed by atoms with Crippen molar-refractivity contribution in [3.05, 3.63) is 144 Å². The molecular weight excluding hydrogens is 1080 g/mol. The number of hydrazone groups is 1. The zero-order chi connectivity index (χ0) is 60.9. The Hall–Kier alpha value is -8.09. The van der Waals surface area contributed by atoms with Crippen molar-refractivity contribution in [2.24, 2.45) is 32.0 Å². The van der Waals surface area contributed by atoms with Gasteiger partial charge in [0, 0.05) is 48.4 Å². The Kier molecular flexibility index (Phi) is 19.0. The molecule has 0 bridgehead atoms. The summed E-state index contributed by atoms with van der Waals surface area (Å²) >= 11 is 0. The zero-order valence-corrected chi connectivity index (χ0v) is 52.7. The van der Waals surface area contributed by atoms with Gasteiger partial charge >= 0.3 is 12.0 Å². The molecule has 21 heteroatoms. The molecule has 0 radical (unpaired) electrons. The van der Waals surface area contributed by atoms with Crippen molar-refractivity contribution in [2.75, 3.05) is 7.11 Å². The topological polar surface area (TPSA) is 242 Å². The van der Waals surface area contributed by atoms with Gasteiger partial charge in [0.1, 0.15) is 0 Å². The second-order valence-electron chi connectivity index (χ2n) is 23.8. The highest BCUT2D eigenvalue weighted by Gasteiger charge is 2.40. The van der Waals surface area contributed by atoms with E-state index in [1.54, 1.807) is 50.6 Å². The number of rotatable bonds is 14. The average Bonchev–Trinajstić information content (AvgIpc) is 4.38. The molecule has 0 fully saturated rings. The molecule has 19 nitrogen and oxygen atoms in total. The summed E-state index contributed by atoms with van der Waals surface area (Å²) in [6.45, 7) is 28.3. The molecular formula is C62H78N12O7Si2. The fourth-order valence-corrected chi connectivity index (χ4v) is 11.5. The van der Waals surface area contributed by atoms with Gasteiger partial charge in [0.15, 0.2) is 22.9 Å². The van der Waals surface area contributed by atoms with Crippen LogP contribution in [0.2, 0.25) is 36.3 Å². The van der Waals surface area contributed by atoms with Crippen LogP contribution < -0.4 is 11.2 Å². The standard InChI is InChI=1S/C23H31N3O3Si.C22H29N3O2Si.C17H18N6O2/c1-15(29-30(7,8)23(2,3)4)16-9-10-17-18(22(27)28-6)12-20(25-19(17)11-16)21-13-24-14-26(21)5;1-15(27-28(6,7)22(2,3)4)16-8-9-18-17(13-26)11-20(24-19(18)10-16)21-12-23-14-25(21)5;1-10(24)11-3-4-13-12(7-20-22-17(18)25)6-15(21-14(13)5-11)16-8-19-9-23(16)2/h9-15H,1-8H3;8-15H,1-7H3;3-10,24H,1-2H3,(H3,18,22,25)/b;;20-7+.